The molecule has 0 atom stereocenters. The summed E-state index contributed by atoms with van der Waals surface area (Å²) >= 11 is 0. The molecule has 0 radical (unpaired) electrons. The number of benzene rings is 2. The van der Waals surface area contributed by atoms with Crippen LogP contribution in [0.25, 0.3) is 10.8 Å². The van der Waals surface area contributed by atoms with E-state index < -0.39 is 114 Å². The quantitative estimate of drug-likeness (QED) is 0.128. The lowest BCUT2D eigenvalue weighted by Gasteiger charge is -2.43. The predicted octanol–water partition coefficient (Wildman–Crippen LogP) is 8.39. The van der Waals surface area contributed by atoms with Crippen molar-refractivity contribution in [2.24, 2.45) is 0 Å². The summed E-state index contributed by atoms with van der Waals surface area (Å²) in [5.41, 5.74) is -4.66. The summed E-state index contributed by atoms with van der Waals surface area (Å²) in [6.07, 6.45) is -8.11. The molecule has 0 aromatic heterocycles. The standard InChI is InChI=1S/C18HF23O3S/c19-4-1-2(6(21)9(24)8(23)5(1)20)10(45(42,43)44)3(7(4)22)11(25,26)12(27,28)13(29,30)14(31,32)15(33,34)16(35,36)17(37,38)18(39,40)41/h(H,42,43,44). The molecule has 0 heterocycles. The van der Waals surface area contributed by atoms with E-state index in [2.05, 4.69) is 0 Å². The molecule has 0 amide bonds. The molecule has 0 saturated carbocycles. The van der Waals surface area contributed by atoms with E-state index in [1.165, 1.54) is 0 Å². The molecule has 2 aromatic carbocycles. The van der Waals surface area contributed by atoms with Crippen molar-refractivity contribution < 1.29 is 114 Å². The molecule has 27 heteroatoms. The molecule has 1 N–H and O–H groups in total. The Balaban J connectivity index is 3.15. The van der Waals surface area contributed by atoms with Gasteiger partial charge in [0.2, 0.25) is 0 Å². The zero-order valence-corrected chi connectivity index (χ0v) is 20.2. The maximum Gasteiger partial charge on any atom is 0.460 e. The van der Waals surface area contributed by atoms with Crippen molar-refractivity contribution in [1.29, 1.82) is 0 Å². The van der Waals surface area contributed by atoms with Gasteiger partial charge in [0.15, 0.2) is 34.9 Å². The molecular formula is C18HF23O3S. The first-order chi connectivity index (χ1) is 19.5. The molecule has 45 heavy (non-hydrogen) atoms. The minimum Gasteiger partial charge on any atom is -0.282 e. The molecule has 0 saturated heterocycles. The normalized spacial score (nSPS) is 15.3. The molecule has 0 bridgehead atoms. The molecule has 3 nitrogen and oxygen atoms in total. The first-order valence-corrected chi connectivity index (χ1v) is 11.3. The van der Waals surface area contributed by atoms with Crippen LogP contribution in [-0.2, 0) is 16.0 Å². The summed E-state index contributed by atoms with van der Waals surface area (Å²) in [5, 5.41) is -6.41. The Bertz CT molecular complexity index is 1660. The van der Waals surface area contributed by atoms with Gasteiger partial charge >= 0.3 is 47.6 Å². The minimum absolute atomic E-state index is 3.07. The van der Waals surface area contributed by atoms with Gasteiger partial charge in [-0.05, 0) is 0 Å². The highest BCUT2D eigenvalue weighted by atomic mass is 32.2. The van der Waals surface area contributed by atoms with Gasteiger partial charge in [-0.3, -0.25) is 4.55 Å². The highest BCUT2D eigenvalue weighted by molar-refractivity contribution is 7.86. The van der Waals surface area contributed by atoms with Gasteiger partial charge in [0, 0.05) is 5.39 Å². The van der Waals surface area contributed by atoms with Crippen LogP contribution in [0.4, 0.5) is 101 Å². The van der Waals surface area contributed by atoms with E-state index in [1.807, 2.05) is 0 Å². The van der Waals surface area contributed by atoms with Crippen molar-refractivity contribution in [3.63, 3.8) is 0 Å². The van der Waals surface area contributed by atoms with Crippen molar-refractivity contribution >= 4 is 20.9 Å². The van der Waals surface area contributed by atoms with Gasteiger partial charge in [-0.2, -0.15) is 83.1 Å². The van der Waals surface area contributed by atoms with E-state index in [1.54, 1.807) is 0 Å². The Morgan fingerprint density at radius 2 is 0.689 bits per heavy atom. The van der Waals surface area contributed by atoms with Crippen molar-refractivity contribution in [2.75, 3.05) is 0 Å². The molecule has 0 aliphatic heterocycles. The smallest absolute Gasteiger partial charge is 0.282 e. The van der Waals surface area contributed by atoms with Gasteiger partial charge in [-0.1, -0.05) is 0 Å². The molecule has 0 aliphatic carbocycles. The summed E-state index contributed by atoms with van der Waals surface area (Å²) < 4.78 is 347. The minimum atomic E-state index is -9.30. The van der Waals surface area contributed by atoms with Crippen LogP contribution in [0, 0.1) is 34.9 Å². The summed E-state index contributed by atoms with van der Waals surface area (Å²) in [5.74, 6) is -84.5. The SMILES string of the molecule is O=S(=O)(O)c1c(C(F)(F)C(F)(F)C(F)(F)C(F)(F)C(F)(F)C(F)(F)C(F)(F)C(F)(F)F)c(F)c(F)c2c(F)c(F)c(F)c(F)c12. The Morgan fingerprint density at radius 1 is 0.400 bits per heavy atom. The third-order valence-electron chi connectivity index (χ3n) is 5.65. The van der Waals surface area contributed by atoms with Crippen LogP contribution in [0.5, 0.6) is 0 Å². The summed E-state index contributed by atoms with van der Waals surface area (Å²) in [6.45, 7) is 0. The summed E-state index contributed by atoms with van der Waals surface area (Å²) in [7, 11) is -7.42. The number of fused-ring (bicyclic) bond motifs is 1. The second-order valence-corrected chi connectivity index (χ2v) is 9.69. The number of alkyl halides is 17. The van der Waals surface area contributed by atoms with Crippen LogP contribution in [-0.4, -0.2) is 54.7 Å². The van der Waals surface area contributed by atoms with E-state index >= 15 is 0 Å². The second-order valence-electron chi connectivity index (χ2n) is 8.33. The van der Waals surface area contributed by atoms with Crippen molar-refractivity contribution in [3.8, 4) is 0 Å². The Morgan fingerprint density at radius 3 is 1.02 bits per heavy atom. The average Bonchev–Trinajstić information content (AvgIpc) is 2.84. The number of halogens is 23. The zero-order chi connectivity index (χ0) is 36.3. The van der Waals surface area contributed by atoms with Crippen LogP contribution in [0.3, 0.4) is 0 Å². The Hall–Kier alpha value is -3.00. The lowest BCUT2D eigenvalue weighted by Crippen LogP contribution is -2.74. The highest BCUT2D eigenvalue weighted by Gasteiger charge is 2.95. The second kappa shape index (κ2) is 10.00. The van der Waals surface area contributed by atoms with Crippen LogP contribution >= 0.6 is 0 Å². The Labute approximate surface area is 228 Å². The highest BCUT2D eigenvalue weighted by Crippen LogP contribution is 2.65. The van der Waals surface area contributed by atoms with E-state index in [4.69, 9.17) is 4.55 Å². The van der Waals surface area contributed by atoms with Crippen molar-refractivity contribution in [2.45, 2.75) is 52.5 Å². The van der Waals surface area contributed by atoms with E-state index in [-0.39, 0.29) is 0 Å². The molecular weight excluding hydrogens is 733 g/mol. The Kier molecular flexibility index (Phi) is 8.48. The van der Waals surface area contributed by atoms with Crippen molar-refractivity contribution in [3.05, 3.63) is 40.5 Å². The van der Waals surface area contributed by atoms with Gasteiger partial charge in [0.1, 0.15) is 4.90 Å². The molecule has 0 fully saturated rings. The maximum atomic E-state index is 14.7. The average molecular weight is 734 g/mol. The predicted molar refractivity (Wildman–Crippen MR) is 93.1 cm³/mol. The van der Waals surface area contributed by atoms with Crippen LogP contribution in [0.2, 0.25) is 0 Å². The van der Waals surface area contributed by atoms with Gasteiger partial charge < -0.3 is 0 Å². The lowest BCUT2D eigenvalue weighted by molar-refractivity contribution is -0.463. The number of rotatable bonds is 8. The van der Waals surface area contributed by atoms with Crippen LogP contribution < -0.4 is 0 Å². The fourth-order valence-electron chi connectivity index (χ4n) is 3.35. The van der Waals surface area contributed by atoms with Gasteiger partial charge in [-0.25, -0.2) is 26.3 Å². The fourth-order valence-corrected chi connectivity index (χ4v) is 4.28. The van der Waals surface area contributed by atoms with E-state index in [9.17, 15) is 109 Å². The number of hydrogen-bond donors (Lipinski definition) is 1. The van der Waals surface area contributed by atoms with Crippen molar-refractivity contribution in [1.82, 2.24) is 0 Å². The summed E-state index contributed by atoms with van der Waals surface area (Å²) in [4.78, 5) is -3.96. The molecule has 0 aliphatic rings. The van der Waals surface area contributed by atoms with Crippen LogP contribution in [0.1, 0.15) is 5.56 Å². The molecule has 258 valence electrons. The first-order valence-electron chi connectivity index (χ1n) is 9.82. The summed E-state index contributed by atoms with van der Waals surface area (Å²) in [6, 6.07) is 0. The lowest BCUT2D eigenvalue weighted by atomic mass is 9.86. The maximum absolute atomic E-state index is 14.7. The topological polar surface area (TPSA) is 54.4 Å². The third-order valence-corrected chi connectivity index (χ3v) is 6.57. The largest absolute Gasteiger partial charge is 0.460 e. The third kappa shape index (κ3) is 4.63. The number of hydrogen-bond acceptors (Lipinski definition) is 2. The molecule has 2 rings (SSSR count). The zero-order valence-electron chi connectivity index (χ0n) is 19.4. The molecule has 0 spiro atoms. The van der Waals surface area contributed by atoms with Gasteiger partial charge in [0.25, 0.3) is 10.1 Å². The van der Waals surface area contributed by atoms with E-state index in [0.717, 1.165) is 0 Å². The molecule has 0 unspecified atom stereocenters. The molecule has 2 aromatic rings. The monoisotopic (exact) mass is 734 g/mol. The fraction of sp³-hybridized carbons (Fsp3) is 0.444. The van der Waals surface area contributed by atoms with E-state index in [0.29, 0.717) is 0 Å². The van der Waals surface area contributed by atoms with Gasteiger partial charge in [0.05, 0.1) is 10.9 Å². The van der Waals surface area contributed by atoms with Gasteiger partial charge in [-0.15, -0.1) is 0 Å². The van der Waals surface area contributed by atoms with Crippen LogP contribution in [0.15, 0.2) is 4.90 Å². The first kappa shape index (κ1) is 38.2.